The molecule has 19 heavy (non-hydrogen) atoms. The first kappa shape index (κ1) is 15.7. The topological polar surface area (TPSA) is 17.1 Å². The van der Waals surface area contributed by atoms with Crippen LogP contribution in [0.2, 0.25) is 0 Å². The molecule has 0 aliphatic carbocycles. The third kappa shape index (κ3) is 4.66. The first-order valence-corrected chi connectivity index (χ1v) is 7.52. The van der Waals surface area contributed by atoms with Crippen molar-refractivity contribution in [1.29, 1.82) is 0 Å². The van der Waals surface area contributed by atoms with E-state index in [0.717, 1.165) is 24.8 Å². The summed E-state index contributed by atoms with van der Waals surface area (Å²) < 4.78 is 0. The number of unbranched alkanes of at least 4 members (excludes halogenated alkanes) is 2. The van der Waals surface area contributed by atoms with Crippen molar-refractivity contribution in [3.63, 3.8) is 0 Å². The molecule has 0 N–H and O–H groups in total. The van der Waals surface area contributed by atoms with Crippen molar-refractivity contribution in [3.8, 4) is 0 Å². The monoisotopic (exact) mass is 258 g/mol. The van der Waals surface area contributed by atoms with Crippen LogP contribution in [0.25, 0.3) is 0 Å². The lowest BCUT2D eigenvalue weighted by molar-refractivity contribution is 0.104. The summed E-state index contributed by atoms with van der Waals surface area (Å²) in [6, 6.07) is 6.19. The van der Waals surface area contributed by atoms with Crippen molar-refractivity contribution in [2.75, 3.05) is 0 Å². The van der Waals surface area contributed by atoms with Gasteiger partial charge in [-0.25, -0.2) is 0 Å². The van der Waals surface area contributed by atoms with Crippen LogP contribution in [-0.4, -0.2) is 5.78 Å². The van der Waals surface area contributed by atoms with Gasteiger partial charge in [-0.3, -0.25) is 4.79 Å². The molecule has 0 saturated heterocycles. The van der Waals surface area contributed by atoms with Crippen LogP contribution in [0, 0.1) is 0 Å². The van der Waals surface area contributed by atoms with Crippen molar-refractivity contribution in [2.45, 2.75) is 59.3 Å². The molecule has 0 aromatic heterocycles. The number of benzene rings is 1. The van der Waals surface area contributed by atoms with Crippen LogP contribution in [-0.2, 0) is 12.8 Å². The van der Waals surface area contributed by atoms with Crippen LogP contribution in [0.5, 0.6) is 0 Å². The molecule has 1 heteroatoms. The lowest BCUT2D eigenvalue weighted by atomic mass is 9.91. The summed E-state index contributed by atoms with van der Waals surface area (Å²) in [6.45, 7) is 6.30. The lowest BCUT2D eigenvalue weighted by Crippen LogP contribution is -2.05. The quantitative estimate of drug-likeness (QED) is 0.466. The summed E-state index contributed by atoms with van der Waals surface area (Å²) >= 11 is 0. The molecule has 0 aliphatic heterocycles. The summed E-state index contributed by atoms with van der Waals surface area (Å²) in [6.07, 6.45) is 10.3. The minimum Gasteiger partial charge on any atom is -0.289 e. The van der Waals surface area contributed by atoms with E-state index in [0.29, 0.717) is 0 Å². The second-order valence-electron chi connectivity index (χ2n) is 5.01. The molecule has 0 spiro atoms. The van der Waals surface area contributed by atoms with E-state index in [1.807, 2.05) is 25.1 Å². The Hall–Kier alpha value is -1.37. The minimum absolute atomic E-state index is 0.145. The van der Waals surface area contributed by atoms with Crippen molar-refractivity contribution in [3.05, 3.63) is 47.0 Å². The number of aryl methyl sites for hydroxylation is 1. The Kier molecular flexibility index (Phi) is 7.17. The molecule has 0 saturated carbocycles. The van der Waals surface area contributed by atoms with E-state index in [2.05, 4.69) is 19.9 Å². The van der Waals surface area contributed by atoms with Gasteiger partial charge in [-0.05, 0) is 49.8 Å². The maximum Gasteiger partial charge on any atom is 0.185 e. The van der Waals surface area contributed by atoms with Gasteiger partial charge in [0.1, 0.15) is 0 Å². The summed E-state index contributed by atoms with van der Waals surface area (Å²) in [5.41, 5.74) is 3.55. The number of carbonyl (C=O) groups excluding carboxylic acids is 1. The van der Waals surface area contributed by atoms with E-state index >= 15 is 0 Å². The molecule has 1 aromatic carbocycles. The maximum atomic E-state index is 12.2. The van der Waals surface area contributed by atoms with Crippen molar-refractivity contribution in [2.24, 2.45) is 0 Å². The van der Waals surface area contributed by atoms with Crippen molar-refractivity contribution >= 4 is 5.78 Å². The Labute approximate surface area is 117 Å². The molecule has 0 heterocycles. The van der Waals surface area contributed by atoms with Gasteiger partial charge in [-0.15, -0.1) is 0 Å². The lowest BCUT2D eigenvalue weighted by Gasteiger charge is -2.13. The fraction of sp³-hybridized carbons (Fsp3) is 0.500. The molecule has 104 valence electrons. The molecule has 1 nitrogen and oxygen atoms in total. The number of carbonyl (C=O) groups is 1. The zero-order chi connectivity index (χ0) is 14.1. The molecular formula is C18H26O. The van der Waals surface area contributed by atoms with Gasteiger partial charge in [-0.2, -0.15) is 0 Å². The fourth-order valence-corrected chi connectivity index (χ4v) is 2.36. The first-order valence-electron chi connectivity index (χ1n) is 7.52. The Morgan fingerprint density at radius 3 is 2.42 bits per heavy atom. The molecule has 1 aromatic rings. The highest BCUT2D eigenvalue weighted by atomic mass is 16.1. The van der Waals surface area contributed by atoms with Crippen molar-refractivity contribution in [1.82, 2.24) is 0 Å². The van der Waals surface area contributed by atoms with Crippen molar-refractivity contribution < 1.29 is 4.79 Å². The van der Waals surface area contributed by atoms with E-state index in [1.54, 1.807) is 6.08 Å². The second kappa shape index (κ2) is 8.68. The van der Waals surface area contributed by atoms with E-state index in [1.165, 1.54) is 30.4 Å². The SMILES string of the molecule is C/C=C/C(=O)c1cccc(CCCC)c1CCCC. The third-order valence-corrected chi connectivity index (χ3v) is 3.44. The molecule has 0 fully saturated rings. The number of ketones is 1. The maximum absolute atomic E-state index is 12.2. The molecular weight excluding hydrogens is 232 g/mol. The van der Waals surface area contributed by atoms with E-state index in [4.69, 9.17) is 0 Å². The highest BCUT2D eigenvalue weighted by Crippen LogP contribution is 2.21. The average molecular weight is 258 g/mol. The third-order valence-electron chi connectivity index (χ3n) is 3.44. The fourth-order valence-electron chi connectivity index (χ4n) is 2.36. The van der Waals surface area contributed by atoms with E-state index in [9.17, 15) is 4.79 Å². The summed E-state index contributed by atoms with van der Waals surface area (Å²) in [4.78, 5) is 12.2. The second-order valence-corrected chi connectivity index (χ2v) is 5.01. The van der Waals surface area contributed by atoms with Crippen LogP contribution in [0.4, 0.5) is 0 Å². The molecule has 0 aliphatic rings. The van der Waals surface area contributed by atoms with Gasteiger partial charge < -0.3 is 0 Å². The van der Waals surface area contributed by atoms with E-state index in [-0.39, 0.29) is 5.78 Å². The zero-order valence-electron chi connectivity index (χ0n) is 12.5. The van der Waals surface area contributed by atoms with E-state index < -0.39 is 0 Å². The number of hydrogen-bond acceptors (Lipinski definition) is 1. The number of allylic oxidation sites excluding steroid dienone is 2. The van der Waals surface area contributed by atoms with Crippen LogP contribution in [0.3, 0.4) is 0 Å². The first-order chi connectivity index (χ1) is 9.24. The standard InChI is InChI=1S/C18H26O/c1-4-7-11-15-12-9-14-17(18(19)10-6-3)16(15)13-8-5-2/h6,9-10,12,14H,4-5,7-8,11,13H2,1-3H3/b10-6+. The largest absolute Gasteiger partial charge is 0.289 e. The Bertz CT molecular complexity index is 429. The summed E-state index contributed by atoms with van der Waals surface area (Å²) in [5, 5.41) is 0. The predicted octanol–water partition coefficient (Wildman–Crippen LogP) is 5.13. The summed E-state index contributed by atoms with van der Waals surface area (Å²) in [5.74, 6) is 0.145. The predicted molar refractivity (Wildman–Crippen MR) is 82.8 cm³/mol. The number of hydrogen-bond donors (Lipinski definition) is 0. The average Bonchev–Trinajstić information content (AvgIpc) is 2.43. The van der Waals surface area contributed by atoms with Gasteiger partial charge in [0.2, 0.25) is 0 Å². The van der Waals surface area contributed by atoms with Crippen LogP contribution >= 0.6 is 0 Å². The molecule has 0 radical (unpaired) electrons. The van der Waals surface area contributed by atoms with Gasteiger partial charge in [0.15, 0.2) is 5.78 Å². The molecule has 0 bridgehead atoms. The molecule has 0 atom stereocenters. The Morgan fingerprint density at radius 1 is 1.11 bits per heavy atom. The highest BCUT2D eigenvalue weighted by molar-refractivity contribution is 6.05. The van der Waals surface area contributed by atoms with Gasteiger partial charge in [0, 0.05) is 5.56 Å². The van der Waals surface area contributed by atoms with Crippen LogP contribution in [0.1, 0.15) is 67.9 Å². The molecule has 0 unspecified atom stereocenters. The van der Waals surface area contributed by atoms with Crippen LogP contribution in [0.15, 0.2) is 30.4 Å². The van der Waals surface area contributed by atoms with Gasteiger partial charge in [0.05, 0.1) is 0 Å². The number of rotatable bonds is 8. The normalized spacial score (nSPS) is 11.1. The Balaban J connectivity index is 3.09. The van der Waals surface area contributed by atoms with Gasteiger partial charge >= 0.3 is 0 Å². The van der Waals surface area contributed by atoms with Gasteiger partial charge in [0.25, 0.3) is 0 Å². The minimum atomic E-state index is 0.145. The molecule has 1 rings (SSSR count). The van der Waals surface area contributed by atoms with Gasteiger partial charge in [-0.1, -0.05) is 51.0 Å². The smallest absolute Gasteiger partial charge is 0.185 e. The zero-order valence-corrected chi connectivity index (χ0v) is 12.5. The summed E-state index contributed by atoms with van der Waals surface area (Å²) in [7, 11) is 0. The molecule has 0 amide bonds. The highest BCUT2D eigenvalue weighted by Gasteiger charge is 2.12. The Morgan fingerprint density at radius 2 is 1.79 bits per heavy atom. The van der Waals surface area contributed by atoms with Crippen LogP contribution < -0.4 is 0 Å².